The number of hydrogen-bond donors (Lipinski definition) is 0. The van der Waals surface area contributed by atoms with E-state index in [-0.39, 0.29) is 0 Å². The van der Waals surface area contributed by atoms with Gasteiger partial charge in [0, 0.05) is 0 Å². The van der Waals surface area contributed by atoms with E-state index in [4.69, 9.17) is 11.6 Å². The third-order valence-electron chi connectivity index (χ3n) is 0.379. The van der Waals surface area contributed by atoms with Gasteiger partial charge in [0.2, 0.25) is 0 Å². The summed E-state index contributed by atoms with van der Waals surface area (Å²) in [5.74, 6) is -0.471. The standard InChI is InChI=1S/C3H4BrClO2/c1-7-3(6)2(4)5/h2H,1H3/t2-/m1/s1. The van der Waals surface area contributed by atoms with Gasteiger partial charge in [-0.25, -0.2) is 4.79 Å². The molecular weight excluding hydrogens is 183 g/mol. The molecule has 0 saturated heterocycles. The van der Waals surface area contributed by atoms with Gasteiger partial charge in [-0.2, -0.15) is 0 Å². The summed E-state index contributed by atoms with van der Waals surface area (Å²) in [7, 11) is 1.28. The van der Waals surface area contributed by atoms with Crippen LogP contribution in [0.2, 0.25) is 0 Å². The molecule has 7 heavy (non-hydrogen) atoms. The molecule has 4 heteroatoms. The molecule has 0 bridgehead atoms. The lowest BCUT2D eigenvalue weighted by Gasteiger charge is -1.94. The summed E-state index contributed by atoms with van der Waals surface area (Å²) in [5, 5.41) is 0. The van der Waals surface area contributed by atoms with E-state index in [9.17, 15) is 4.79 Å². The molecule has 0 aliphatic heterocycles. The fraction of sp³-hybridized carbons (Fsp3) is 0.667. The van der Waals surface area contributed by atoms with Crippen molar-refractivity contribution >= 4 is 33.5 Å². The van der Waals surface area contributed by atoms with Crippen LogP contribution >= 0.6 is 27.5 Å². The molecule has 1 atom stereocenters. The van der Waals surface area contributed by atoms with Crippen molar-refractivity contribution < 1.29 is 9.53 Å². The second-order valence-corrected chi connectivity index (χ2v) is 2.70. The van der Waals surface area contributed by atoms with Crippen molar-refractivity contribution in [2.75, 3.05) is 7.11 Å². The number of carbonyl (C=O) groups is 1. The fourth-order valence-corrected chi connectivity index (χ4v) is 0.365. The average molecular weight is 187 g/mol. The first-order chi connectivity index (χ1) is 3.18. The Labute approximate surface area is 54.9 Å². The van der Waals surface area contributed by atoms with Crippen molar-refractivity contribution in [2.24, 2.45) is 0 Å². The van der Waals surface area contributed by atoms with Gasteiger partial charge in [-0.3, -0.25) is 0 Å². The predicted molar refractivity (Wildman–Crippen MR) is 30.6 cm³/mol. The van der Waals surface area contributed by atoms with Crippen LogP contribution in [0.1, 0.15) is 0 Å². The topological polar surface area (TPSA) is 26.3 Å². The highest BCUT2D eigenvalue weighted by Gasteiger charge is 2.08. The summed E-state index contributed by atoms with van der Waals surface area (Å²) in [6.45, 7) is 0. The van der Waals surface area contributed by atoms with Crippen LogP contribution in [-0.4, -0.2) is 17.4 Å². The normalized spacial score (nSPS) is 13.0. The zero-order valence-corrected chi connectivity index (χ0v) is 5.99. The first-order valence-electron chi connectivity index (χ1n) is 1.54. The molecule has 0 aliphatic rings. The molecular formula is C3H4BrClO2. The molecule has 42 valence electrons. The highest BCUT2D eigenvalue weighted by atomic mass is 79.9. The van der Waals surface area contributed by atoms with E-state index in [1.54, 1.807) is 0 Å². The van der Waals surface area contributed by atoms with Gasteiger partial charge in [0.1, 0.15) is 0 Å². The van der Waals surface area contributed by atoms with E-state index in [1.807, 2.05) is 0 Å². The molecule has 0 aromatic heterocycles. The van der Waals surface area contributed by atoms with Crippen LogP contribution in [0.5, 0.6) is 0 Å². The molecule has 0 saturated carbocycles. The molecule has 0 aliphatic carbocycles. The number of hydrogen-bond acceptors (Lipinski definition) is 2. The second-order valence-electron chi connectivity index (χ2n) is 0.824. The Hall–Kier alpha value is 0.240. The number of alkyl halides is 2. The second kappa shape index (κ2) is 3.27. The Balaban J connectivity index is 3.35. The first kappa shape index (κ1) is 7.24. The number of halogens is 2. The number of methoxy groups -OCH3 is 1. The SMILES string of the molecule is COC(=O)[C@@H](Cl)Br. The van der Waals surface area contributed by atoms with Crippen molar-refractivity contribution in [2.45, 2.75) is 4.29 Å². The summed E-state index contributed by atoms with van der Waals surface area (Å²) in [6, 6.07) is 0. The minimum atomic E-state index is -0.711. The Morgan fingerprint density at radius 3 is 2.43 bits per heavy atom. The molecule has 0 N–H and O–H groups in total. The van der Waals surface area contributed by atoms with Gasteiger partial charge in [0.15, 0.2) is 4.29 Å². The van der Waals surface area contributed by atoms with E-state index in [2.05, 4.69) is 20.7 Å². The molecule has 0 amide bonds. The Bertz CT molecular complexity index is 73.3. The molecule has 0 radical (unpaired) electrons. The van der Waals surface area contributed by atoms with E-state index in [0.717, 1.165) is 0 Å². The molecule has 0 unspecified atom stereocenters. The van der Waals surface area contributed by atoms with E-state index in [0.29, 0.717) is 0 Å². The van der Waals surface area contributed by atoms with E-state index in [1.165, 1.54) is 7.11 Å². The molecule has 0 aromatic carbocycles. The van der Waals surface area contributed by atoms with Crippen molar-refractivity contribution in [3.05, 3.63) is 0 Å². The third kappa shape index (κ3) is 2.88. The largest absolute Gasteiger partial charge is 0.467 e. The molecule has 0 aromatic rings. The van der Waals surface area contributed by atoms with E-state index < -0.39 is 10.3 Å². The quantitative estimate of drug-likeness (QED) is 0.454. The van der Waals surface area contributed by atoms with Crippen LogP contribution in [-0.2, 0) is 9.53 Å². The zero-order chi connectivity index (χ0) is 5.86. The summed E-state index contributed by atoms with van der Waals surface area (Å²) in [6.07, 6.45) is 0. The van der Waals surface area contributed by atoms with Gasteiger partial charge in [-0.15, -0.1) is 0 Å². The lowest BCUT2D eigenvalue weighted by Crippen LogP contribution is -2.07. The summed E-state index contributed by atoms with van der Waals surface area (Å²) in [4.78, 5) is 10.1. The van der Waals surface area contributed by atoms with Crippen molar-refractivity contribution in [1.29, 1.82) is 0 Å². The average Bonchev–Trinajstić information content (AvgIpc) is 1.65. The summed E-state index contributed by atoms with van der Waals surface area (Å²) >= 11 is 7.96. The minimum absolute atomic E-state index is 0.471. The highest BCUT2D eigenvalue weighted by molar-refractivity contribution is 9.10. The Morgan fingerprint density at radius 2 is 2.43 bits per heavy atom. The molecule has 2 nitrogen and oxygen atoms in total. The molecule has 0 heterocycles. The predicted octanol–water partition coefficient (Wildman–Crippen LogP) is 1.12. The van der Waals surface area contributed by atoms with Crippen LogP contribution in [0.4, 0.5) is 0 Å². The first-order valence-corrected chi connectivity index (χ1v) is 2.89. The van der Waals surface area contributed by atoms with Gasteiger partial charge in [0.05, 0.1) is 7.11 Å². The van der Waals surface area contributed by atoms with Gasteiger partial charge in [0.25, 0.3) is 0 Å². The van der Waals surface area contributed by atoms with Gasteiger partial charge in [-0.1, -0.05) is 27.5 Å². The number of ether oxygens (including phenoxy) is 1. The van der Waals surface area contributed by atoms with Crippen LogP contribution in [0.25, 0.3) is 0 Å². The number of rotatable bonds is 1. The van der Waals surface area contributed by atoms with E-state index >= 15 is 0 Å². The minimum Gasteiger partial charge on any atom is -0.467 e. The Morgan fingerprint density at radius 1 is 2.00 bits per heavy atom. The van der Waals surface area contributed by atoms with Crippen molar-refractivity contribution in [3.8, 4) is 0 Å². The fourth-order valence-electron chi connectivity index (χ4n) is 0.0891. The van der Waals surface area contributed by atoms with Crippen molar-refractivity contribution in [3.63, 3.8) is 0 Å². The van der Waals surface area contributed by atoms with Gasteiger partial charge < -0.3 is 4.74 Å². The van der Waals surface area contributed by atoms with Crippen LogP contribution in [0.15, 0.2) is 0 Å². The Kier molecular flexibility index (Phi) is 3.38. The maximum Gasteiger partial charge on any atom is 0.334 e. The van der Waals surface area contributed by atoms with Crippen molar-refractivity contribution in [1.82, 2.24) is 0 Å². The van der Waals surface area contributed by atoms with Crippen LogP contribution in [0.3, 0.4) is 0 Å². The highest BCUT2D eigenvalue weighted by Crippen LogP contribution is 2.04. The van der Waals surface area contributed by atoms with Gasteiger partial charge >= 0.3 is 5.97 Å². The summed E-state index contributed by atoms with van der Waals surface area (Å²) < 4.78 is 3.48. The monoisotopic (exact) mass is 186 g/mol. The lowest BCUT2D eigenvalue weighted by molar-refractivity contribution is -0.138. The number of carbonyl (C=O) groups excluding carboxylic acids is 1. The summed E-state index contributed by atoms with van der Waals surface area (Å²) in [5.41, 5.74) is 0. The molecule has 0 rings (SSSR count). The molecule has 0 fully saturated rings. The van der Waals surface area contributed by atoms with Gasteiger partial charge in [-0.05, 0) is 0 Å². The zero-order valence-electron chi connectivity index (χ0n) is 3.65. The number of esters is 1. The molecule has 0 spiro atoms. The maximum atomic E-state index is 10.1. The van der Waals surface area contributed by atoms with Crippen LogP contribution < -0.4 is 0 Å². The smallest absolute Gasteiger partial charge is 0.334 e. The maximum absolute atomic E-state index is 10.1. The van der Waals surface area contributed by atoms with Crippen LogP contribution in [0, 0.1) is 0 Å². The third-order valence-corrected chi connectivity index (χ3v) is 0.931. The lowest BCUT2D eigenvalue weighted by atomic mass is 10.8.